The lowest BCUT2D eigenvalue weighted by molar-refractivity contribution is -0.141. The minimum atomic E-state index is -0.359. The third-order valence-corrected chi connectivity index (χ3v) is 5.33. The van der Waals surface area contributed by atoms with Crippen molar-refractivity contribution < 1.29 is 14.7 Å². The van der Waals surface area contributed by atoms with Crippen molar-refractivity contribution in [2.45, 2.75) is 46.6 Å². The van der Waals surface area contributed by atoms with Crippen LogP contribution in [0.4, 0.5) is 0 Å². The molecule has 0 aromatic carbocycles. The SMILES string of the molecule is CC(=O)N1CCC[C@H](C(=O)N2CCN(C[C@@H](O)C(C)(C)C)CC2)C1. The molecule has 138 valence electrons. The predicted octanol–water partition coefficient (Wildman–Crippen LogP) is 0.796. The summed E-state index contributed by atoms with van der Waals surface area (Å²) in [6.07, 6.45) is 1.43. The number of carbonyl (C=O) groups is 2. The van der Waals surface area contributed by atoms with E-state index in [-0.39, 0.29) is 29.3 Å². The van der Waals surface area contributed by atoms with Crippen LogP contribution in [-0.4, -0.2) is 83.5 Å². The van der Waals surface area contributed by atoms with Crippen molar-refractivity contribution in [3.63, 3.8) is 0 Å². The van der Waals surface area contributed by atoms with Gasteiger partial charge in [-0.05, 0) is 18.3 Å². The molecule has 6 heteroatoms. The molecule has 0 bridgehead atoms. The van der Waals surface area contributed by atoms with E-state index in [1.54, 1.807) is 11.8 Å². The Labute approximate surface area is 145 Å². The first-order valence-corrected chi connectivity index (χ1v) is 9.13. The van der Waals surface area contributed by atoms with Crippen LogP contribution in [0.25, 0.3) is 0 Å². The lowest BCUT2D eigenvalue weighted by Gasteiger charge is -2.40. The van der Waals surface area contributed by atoms with Crippen molar-refractivity contribution in [3.05, 3.63) is 0 Å². The first kappa shape index (κ1) is 19.2. The highest BCUT2D eigenvalue weighted by molar-refractivity contribution is 5.81. The largest absolute Gasteiger partial charge is 0.391 e. The maximum absolute atomic E-state index is 12.7. The van der Waals surface area contributed by atoms with Crippen LogP contribution in [-0.2, 0) is 9.59 Å². The molecule has 2 aliphatic rings. The summed E-state index contributed by atoms with van der Waals surface area (Å²) in [7, 11) is 0. The molecule has 0 unspecified atom stereocenters. The summed E-state index contributed by atoms with van der Waals surface area (Å²) in [5.74, 6) is 0.208. The van der Waals surface area contributed by atoms with Crippen LogP contribution < -0.4 is 0 Å². The molecule has 1 N–H and O–H groups in total. The zero-order valence-corrected chi connectivity index (χ0v) is 15.6. The van der Waals surface area contributed by atoms with Crippen LogP contribution in [0.5, 0.6) is 0 Å². The molecule has 0 aromatic heterocycles. The van der Waals surface area contributed by atoms with E-state index in [2.05, 4.69) is 4.90 Å². The van der Waals surface area contributed by atoms with E-state index in [0.29, 0.717) is 26.2 Å². The van der Waals surface area contributed by atoms with Crippen molar-refractivity contribution in [3.8, 4) is 0 Å². The van der Waals surface area contributed by atoms with Crippen LogP contribution in [0.15, 0.2) is 0 Å². The lowest BCUT2D eigenvalue weighted by Crippen LogP contribution is -2.54. The Morgan fingerprint density at radius 2 is 1.71 bits per heavy atom. The number of likely N-dealkylation sites (tertiary alicyclic amines) is 1. The molecule has 2 atom stereocenters. The maximum atomic E-state index is 12.7. The molecule has 0 saturated carbocycles. The molecule has 6 nitrogen and oxygen atoms in total. The molecule has 2 heterocycles. The van der Waals surface area contributed by atoms with E-state index in [1.807, 2.05) is 25.7 Å². The summed E-state index contributed by atoms with van der Waals surface area (Å²) < 4.78 is 0. The minimum Gasteiger partial charge on any atom is -0.391 e. The van der Waals surface area contributed by atoms with Gasteiger partial charge in [-0.1, -0.05) is 20.8 Å². The first-order chi connectivity index (χ1) is 11.2. The zero-order valence-electron chi connectivity index (χ0n) is 15.6. The van der Waals surface area contributed by atoms with Gasteiger partial charge in [-0.2, -0.15) is 0 Å². The number of nitrogens with zero attached hydrogens (tertiary/aromatic N) is 3. The molecule has 2 aliphatic heterocycles. The van der Waals surface area contributed by atoms with Gasteiger partial charge in [0.05, 0.1) is 12.0 Å². The Hall–Kier alpha value is -1.14. The predicted molar refractivity (Wildman–Crippen MR) is 93.5 cm³/mol. The van der Waals surface area contributed by atoms with Crippen molar-refractivity contribution >= 4 is 11.8 Å². The topological polar surface area (TPSA) is 64.1 Å². The van der Waals surface area contributed by atoms with Crippen LogP contribution in [0.2, 0.25) is 0 Å². The smallest absolute Gasteiger partial charge is 0.227 e. The van der Waals surface area contributed by atoms with Crippen molar-refractivity contribution in [1.29, 1.82) is 0 Å². The normalized spacial score (nSPS) is 24.8. The van der Waals surface area contributed by atoms with Gasteiger partial charge in [-0.25, -0.2) is 0 Å². The summed E-state index contributed by atoms with van der Waals surface area (Å²) in [6.45, 7) is 12.8. The highest BCUT2D eigenvalue weighted by Crippen LogP contribution is 2.22. The van der Waals surface area contributed by atoms with Gasteiger partial charge in [0, 0.05) is 52.7 Å². The third-order valence-electron chi connectivity index (χ3n) is 5.33. The van der Waals surface area contributed by atoms with Crippen LogP contribution in [0.1, 0.15) is 40.5 Å². The lowest BCUT2D eigenvalue weighted by atomic mass is 9.89. The van der Waals surface area contributed by atoms with Crippen molar-refractivity contribution in [1.82, 2.24) is 14.7 Å². The zero-order chi connectivity index (χ0) is 17.9. The standard InChI is InChI=1S/C18H33N3O3/c1-14(22)21-7-5-6-15(12-21)17(24)20-10-8-19(9-11-20)13-16(23)18(2,3)4/h15-16,23H,5-13H2,1-4H3/t15-,16+/m0/s1. The monoisotopic (exact) mass is 339 g/mol. The Morgan fingerprint density at radius 3 is 2.25 bits per heavy atom. The molecule has 2 amide bonds. The number of aliphatic hydroxyl groups is 1. The number of β-amino-alcohol motifs (C(OH)–C–C–N with tert-alkyl or cyclic N) is 1. The summed E-state index contributed by atoms with van der Waals surface area (Å²) in [4.78, 5) is 30.2. The van der Waals surface area contributed by atoms with Gasteiger partial charge in [-0.15, -0.1) is 0 Å². The fraction of sp³-hybridized carbons (Fsp3) is 0.889. The first-order valence-electron chi connectivity index (χ1n) is 9.13. The number of hydrogen-bond donors (Lipinski definition) is 1. The second-order valence-corrected chi connectivity index (χ2v) is 8.31. The van der Waals surface area contributed by atoms with Crippen LogP contribution in [0, 0.1) is 11.3 Å². The fourth-order valence-corrected chi connectivity index (χ4v) is 3.39. The Kier molecular flexibility index (Phi) is 6.26. The van der Waals surface area contributed by atoms with Crippen LogP contribution in [0.3, 0.4) is 0 Å². The number of hydrogen-bond acceptors (Lipinski definition) is 4. The van der Waals surface area contributed by atoms with Crippen molar-refractivity contribution in [2.75, 3.05) is 45.8 Å². The number of carbonyl (C=O) groups excluding carboxylic acids is 2. The number of rotatable bonds is 3. The number of amides is 2. The van der Waals surface area contributed by atoms with E-state index in [9.17, 15) is 14.7 Å². The van der Waals surface area contributed by atoms with Gasteiger partial charge < -0.3 is 14.9 Å². The van der Waals surface area contributed by atoms with E-state index >= 15 is 0 Å². The molecule has 2 rings (SSSR count). The molecular weight excluding hydrogens is 306 g/mol. The quantitative estimate of drug-likeness (QED) is 0.826. The van der Waals surface area contributed by atoms with E-state index in [0.717, 1.165) is 32.5 Å². The number of aliphatic hydroxyl groups excluding tert-OH is 1. The molecule has 0 aliphatic carbocycles. The molecule has 24 heavy (non-hydrogen) atoms. The highest BCUT2D eigenvalue weighted by Gasteiger charge is 2.32. The Bertz CT molecular complexity index is 453. The molecule has 0 aromatic rings. The van der Waals surface area contributed by atoms with Gasteiger partial charge in [0.25, 0.3) is 0 Å². The molecule has 2 saturated heterocycles. The van der Waals surface area contributed by atoms with Gasteiger partial charge in [0.1, 0.15) is 0 Å². The van der Waals surface area contributed by atoms with Crippen molar-refractivity contribution in [2.24, 2.45) is 11.3 Å². The number of piperidine rings is 1. The summed E-state index contributed by atoms with van der Waals surface area (Å²) in [5, 5.41) is 10.2. The van der Waals surface area contributed by atoms with E-state index < -0.39 is 0 Å². The van der Waals surface area contributed by atoms with E-state index in [1.165, 1.54) is 0 Å². The Morgan fingerprint density at radius 1 is 1.08 bits per heavy atom. The Balaban J connectivity index is 1.81. The summed E-state index contributed by atoms with van der Waals surface area (Å²) in [5.41, 5.74) is -0.120. The molecule has 0 spiro atoms. The van der Waals surface area contributed by atoms with Gasteiger partial charge >= 0.3 is 0 Å². The molecule has 2 fully saturated rings. The highest BCUT2D eigenvalue weighted by atomic mass is 16.3. The number of piperazine rings is 1. The second-order valence-electron chi connectivity index (χ2n) is 8.31. The summed E-state index contributed by atoms with van der Waals surface area (Å²) >= 11 is 0. The maximum Gasteiger partial charge on any atom is 0.227 e. The molecular formula is C18H33N3O3. The average Bonchev–Trinajstić information content (AvgIpc) is 2.54. The van der Waals surface area contributed by atoms with Gasteiger partial charge in [0.2, 0.25) is 11.8 Å². The fourth-order valence-electron chi connectivity index (χ4n) is 3.39. The second kappa shape index (κ2) is 7.83. The average molecular weight is 339 g/mol. The van der Waals surface area contributed by atoms with Crippen LogP contribution >= 0.6 is 0 Å². The molecule has 0 radical (unpaired) electrons. The van der Waals surface area contributed by atoms with Gasteiger partial charge in [-0.3, -0.25) is 14.5 Å². The van der Waals surface area contributed by atoms with Gasteiger partial charge in [0.15, 0.2) is 0 Å². The van der Waals surface area contributed by atoms with E-state index in [4.69, 9.17) is 0 Å². The summed E-state index contributed by atoms with van der Waals surface area (Å²) in [6, 6.07) is 0. The minimum absolute atomic E-state index is 0.0469. The third kappa shape index (κ3) is 4.93.